The number of rotatable bonds is 4. The van der Waals surface area contributed by atoms with Crippen LogP contribution in [0.4, 0.5) is 4.79 Å². The summed E-state index contributed by atoms with van der Waals surface area (Å²) < 4.78 is 0. The third-order valence-electron chi connectivity index (χ3n) is 3.48. The van der Waals surface area contributed by atoms with Crippen LogP contribution in [-0.2, 0) is 0 Å². The van der Waals surface area contributed by atoms with Crippen LogP contribution in [0, 0.1) is 11.8 Å². The Kier molecular flexibility index (Phi) is 5.60. The maximum atomic E-state index is 11.8. The number of likely N-dealkylation sites (tertiary alicyclic amines) is 1. The van der Waals surface area contributed by atoms with E-state index in [1.54, 1.807) is 0 Å². The van der Waals surface area contributed by atoms with Crippen molar-refractivity contribution in [2.75, 3.05) is 26.2 Å². The average Bonchev–Trinajstić information content (AvgIpc) is 2.29. The van der Waals surface area contributed by atoms with E-state index in [-0.39, 0.29) is 6.03 Å². The third kappa shape index (κ3) is 3.67. The molecule has 4 heteroatoms. The molecule has 0 radical (unpaired) electrons. The summed E-state index contributed by atoms with van der Waals surface area (Å²) >= 11 is 0. The first-order valence-electron chi connectivity index (χ1n) is 6.41. The van der Waals surface area contributed by atoms with Gasteiger partial charge in [0.15, 0.2) is 0 Å². The Hall–Kier alpha value is -0.770. The first-order chi connectivity index (χ1) is 7.69. The maximum absolute atomic E-state index is 11.8. The zero-order valence-electron chi connectivity index (χ0n) is 10.5. The third-order valence-corrected chi connectivity index (χ3v) is 3.48. The van der Waals surface area contributed by atoms with Crippen LogP contribution in [0.5, 0.6) is 0 Å². The van der Waals surface area contributed by atoms with Crippen molar-refractivity contribution >= 4 is 6.03 Å². The van der Waals surface area contributed by atoms with E-state index in [1.165, 1.54) is 0 Å². The molecular weight excluding hydrogens is 202 g/mol. The van der Waals surface area contributed by atoms with Crippen LogP contribution in [0.2, 0.25) is 0 Å². The molecule has 3 N–H and O–H groups in total. The standard InChI is InChI=1S/C12H25N3O/c1-3-4-6-14-12(16)15-7-5-11(8-13)10(2)9-15/h10-11H,3-9,13H2,1-2H3,(H,14,16). The molecule has 1 aliphatic rings. The van der Waals surface area contributed by atoms with Crippen molar-refractivity contribution in [3.05, 3.63) is 0 Å². The zero-order chi connectivity index (χ0) is 12.0. The highest BCUT2D eigenvalue weighted by atomic mass is 16.2. The molecule has 0 aromatic carbocycles. The molecule has 0 aromatic heterocycles. The molecular formula is C12H25N3O. The lowest BCUT2D eigenvalue weighted by molar-refractivity contribution is 0.140. The fourth-order valence-electron chi connectivity index (χ4n) is 2.21. The second-order valence-corrected chi connectivity index (χ2v) is 4.79. The molecule has 0 spiro atoms. The number of nitrogens with one attached hydrogen (secondary N) is 1. The molecule has 0 aliphatic carbocycles. The van der Waals surface area contributed by atoms with Crippen LogP contribution in [0.1, 0.15) is 33.1 Å². The summed E-state index contributed by atoms with van der Waals surface area (Å²) in [5, 5.41) is 2.96. The molecule has 1 rings (SSSR count). The van der Waals surface area contributed by atoms with Gasteiger partial charge in [-0.1, -0.05) is 20.3 Å². The molecule has 1 aliphatic heterocycles. The van der Waals surface area contributed by atoms with E-state index < -0.39 is 0 Å². The summed E-state index contributed by atoms with van der Waals surface area (Å²) in [7, 11) is 0. The van der Waals surface area contributed by atoms with Crippen molar-refractivity contribution in [1.82, 2.24) is 10.2 Å². The largest absolute Gasteiger partial charge is 0.338 e. The summed E-state index contributed by atoms with van der Waals surface area (Å²) in [6.07, 6.45) is 3.21. The Morgan fingerprint density at radius 1 is 1.56 bits per heavy atom. The summed E-state index contributed by atoms with van der Waals surface area (Å²) in [5.41, 5.74) is 5.69. The maximum Gasteiger partial charge on any atom is 0.317 e. The molecule has 4 nitrogen and oxygen atoms in total. The average molecular weight is 227 g/mol. The van der Waals surface area contributed by atoms with Crippen LogP contribution in [-0.4, -0.2) is 37.1 Å². The highest BCUT2D eigenvalue weighted by molar-refractivity contribution is 5.74. The minimum atomic E-state index is 0.0933. The fourth-order valence-corrected chi connectivity index (χ4v) is 2.21. The van der Waals surface area contributed by atoms with Gasteiger partial charge in [-0.3, -0.25) is 0 Å². The van der Waals surface area contributed by atoms with E-state index in [0.29, 0.717) is 11.8 Å². The second-order valence-electron chi connectivity index (χ2n) is 4.79. The van der Waals surface area contributed by atoms with Gasteiger partial charge in [0.2, 0.25) is 0 Å². The fraction of sp³-hybridized carbons (Fsp3) is 0.917. The molecule has 1 heterocycles. The lowest BCUT2D eigenvalue weighted by Gasteiger charge is -2.36. The molecule has 1 saturated heterocycles. The van der Waals surface area contributed by atoms with Crippen LogP contribution < -0.4 is 11.1 Å². The molecule has 94 valence electrons. The van der Waals surface area contributed by atoms with Gasteiger partial charge in [0.1, 0.15) is 0 Å². The minimum absolute atomic E-state index is 0.0933. The second kappa shape index (κ2) is 6.74. The van der Waals surface area contributed by atoms with Crippen LogP contribution >= 0.6 is 0 Å². The number of carbonyl (C=O) groups excluding carboxylic acids is 1. The van der Waals surface area contributed by atoms with Gasteiger partial charge in [0.05, 0.1) is 0 Å². The lowest BCUT2D eigenvalue weighted by atomic mass is 9.87. The SMILES string of the molecule is CCCCNC(=O)N1CCC(CN)C(C)C1. The number of nitrogens with two attached hydrogens (primary N) is 1. The summed E-state index contributed by atoms with van der Waals surface area (Å²) in [5.74, 6) is 1.11. The van der Waals surface area contributed by atoms with E-state index in [9.17, 15) is 4.79 Å². The lowest BCUT2D eigenvalue weighted by Crippen LogP contribution is -2.48. The smallest absolute Gasteiger partial charge is 0.317 e. The quantitative estimate of drug-likeness (QED) is 0.713. The van der Waals surface area contributed by atoms with Crippen LogP contribution in [0.3, 0.4) is 0 Å². The summed E-state index contributed by atoms with van der Waals surface area (Å²) in [4.78, 5) is 13.7. The topological polar surface area (TPSA) is 58.4 Å². The predicted molar refractivity (Wildman–Crippen MR) is 66.2 cm³/mol. The number of piperidine rings is 1. The number of nitrogens with zero attached hydrogens (tertiary/aromatic N) is 1. The zero-order valence-corrected chi connectivity index (χ0v) is 10.5. The monoisotopic (exact) mass is 227 g/mol. The summed E-state index contributed by atoms with van der Waals surface area (Å²) in [6.45, 7) is 7.54. The Morgan fingerprint density at radius 3 is 2.88 bits per heavy atom. The van der Waals surface area contributed by atoms with Gasteiger partial charge in [-0.15, -0.1) is 0 Å². The van der Waals surface area contributed by atoms with Gasteiger partial charge in [-0.05, 0) is 31.2 Å². The molecule has 0 bridgehead atoms. The van der Waals surface area contributed by atoms with Gasteiger partial charge in [0.25, 0.3) is 0 Å². The predicted octanol–water partition coefficient (Wildman–Crippen LogP) is 1.41. The molecule has 1 fully saturated rings. The molecule has 2 amide bonds. The first-order valence-corrected chi connectivity index (χ1v) is 6.41. The number of unbranched alkanes of at least 4 members (excludes halogenated alkanes) is 1. The van der Waals surface area contributed by atoms with Crippen LogP contribution in [0.25, 0.3) is 0 Å². The van der Waals surface area contributed by atoms with Gasteiger partial charge in [-0.25, -0.2) is 4.79 Å². The molecule has 0 saturated carbocycles. The van der Waals surface area contributed by atoms with Crippen molar-refractivity contribution < 1.29 is 4.79 Å². The highest BCUT2D eigenvalue weighted by Gasteiger charge is 2.27. The van der Waals surface area contributed by atoms with E-state index in [4.69, 9.17) is 5.73 Å². The van der Waals surface area contributed by atoms with Gasteiger partial charge >= 0.3 is 6.03 Å². The van der Waals surface area contributed by atoms with E-state index >= 15 is 0 Å². The molecule has 2 unspecified atom stereocenters. The van der Waals surface area contributed by atoms with E-state index in [1.807, 2.05) is 4.90 Å². The first kappa shape index (κ1) is 13.3. The molecule has 2 atom stereocenters. The molecule has 0 aromatic rings. The van der Waals surface area contributed by atoms with Crippen molar-refractivity contribution in [2.24, 2.45) is 17.6 Å². The molecule has 16 heavy (non-hydrogen) atoms. The minimum Gasteiger partial charge on any atom is -0.338 e. The Labute approximate surface area is 98.6 Å². The Bertz CT molecular complexity index is 220. The van der Waals surface area contributed by atoms with Gasteiger partial charge < -0.3 is 16.0 Å². The van der Waals surface area contributed by atoms with Gasteiger partial charge in [-0.2, -0.15) is 0 Å². The van der Waals surface area contributed by atoms with E-state index in [2.05, 4.69) is 19.2 Å². The number of hydrogen-bond donors (Lipinski definition) is 2. The highest BCUT2D eigenvalue weighted by Crippen LogP contribution is 2.21. The Morgan fingerprint density at radius 2 is 2.31 bits per heavy atom. The normalized spacial score (nSPS) is 25.6. The number of hydrogen-bond acceptors (Lipinski definition) is 2. The van der Waals surface area contributed by atoms with Crippen molar-refractivity contribution in [1.29, 1.82) is 0 Å². The van der Waals surface area contributed by atoms with Crippen molar-refractivity contribution in [2.45, 2.75) is 33.1 Å². The number of carbonyl (C=O) groups is 1. The van der Waals surface area contributed by atoms with Crippen molar-refractivity contribution in [3.63, 3.8) is 0 Å². The number of urea groups is 1. The van der Waals surface area contributed by atoms with Crippen molar-refractivity contribution in [3.8, 4) is 0 Å². The Balaban J connectivity index is 2.30. The van der Waals surface area contributed by atoms with Gasteiger partial charge in [0, 0.05) is 19.6 Å². The van der Waals surface area contributed by atoms with Crippen LogP contribution in [0.15, 0.2) is 0 Å². The summed E-state index contributed by atoms with van der Waals surface area (Å²) in [6, 6.07) is 0.0933. The number of amides is 2. The van der Waals surface area contributed by atoms with E-state index in [0.717, 1.165) is 45.4 Å².